The number of ketones is 1. The second kappa shape index (κ2) is 4.78. The lowest BCUT2D eigenvalue weighted by Gasteiger charge is -1.96. The molecule has 4 aromatic rings. The van der Waals surface area contributed by atoms with E-state index in [1.165, 1.54) is 0 Å². The quantitative estimate of drug-likeness (QED) is 0.505. The van der Waals surface area contributed by atoms with Crippen LogP contribution >= 0.6 is 0 Å². The molecule has 22 heavy (non-hydrogen) atoms. The lowest BCUT2D eigenvalue weighted by molar-refractivity contribution is 0.0904. The standard InChI is InChI=1S/C16H12N4O2/c21-8-14(22)9-5-6-12-13(7-9)18-16(17-12)15-10-3-1-2-4-11(10)19-20-15/h1-7,21H,8H2,(H,17,18)(H,19,20). The Morgan fingerprint density at radius 2 is 2.00 bits per heavy atom. The maximum atomic E-state index is 11.6. The van der Waals surface area contributed by atoms with E-state index in [9.17, 15) is 4.79 Å². The summed E-state index contributed by atoms with van der Waals surface area (Å²) in [5.41, 5.74) is 3.62. The number of hydrogen-bond donors (Lipinski definition) is 3. The number of para-hydroxylation sites is 1. The van der Waals surface area contributed by atoms with Crippen LogP contribution in [0.5, 0.6) is 0 Å². The van der Waals surface area contributed by atoms with Gasteiger partial charge in [-0.05, 0) is 24.3 Å². The average Bonchev–Trinajstić information content (AvgIpc) is 3.16. The second-order valence-corrected chi connectivity index (χ2v) is 5.02. The highest BCUT2D eigenvalue weighted by atomic mass is 16.3. The Kier molecular flexibility index (Phi) is 2.77. The van der Waals surface area contributed by atoms with Crippen molar-refractivity contribution in [1.82, 2.24) is 20.2 Å². The van der Waals surface area contributed by atoms with Crippen molar-refractivity contribution in [1.29, 1.82) is 0 Å². The summed E-state index contributed by atoms with van der Waals surface area (Å²) in [5, 5.41) is 17.2. The van der Waals surface area contributed by atoms with Gasteiger partial charge in [-0.15, -0.1) is 0 Å². The topological polar surface area (TPSA) is 94.7 Å². The number of hydrogen-bond acceptors (Lipinski definition) is 4. The third-order valence-electron chi connectivity index (χ3n) is 3.64. The molecule has 0 atom stereocenters. The SMILES string of the molecule is O=C(CO)c1ccc2nc(-c3n[nH]c4ccccc34)[nH]c2c1. The molecule has 6 nitrogen and oxygen atoms in total. The number of aromatic amines is 2. The van der Waals surface area contributed by atoms with E-state index in [2.05, 4.69) is 20.2 Å². The number of H-pyrrole nitrogens is 2. The number of aliphatic hydroxyl groups is 1. The monoisotopic (exact) mass is 292 g/mol. The van der Waals surface area contributed by atoms with Crippen molar-refractivity contribution in [2.24, 2.45) is 0 Å². The molecule has 0 bridgehead atoms. The molecule has 4 rings (SSSR count). The van der Waals surface area contributed by atoms with Crippen LogP contribution in [0.2, 0.25) is 0 Å². The number of nitrogens with one attached hydrogen (secondary N) is 2. The molecule has 0 saturated carbocycles. The van der Waals surface area contributed by atoms with E-state index in [1.54, 1.807) is 18.2 Å². The summed E-state index contributed by atoms with van der Waals surface area (Å²) in [7, 11) is 0. The third-order valence-corrected chi connectivity index (χ3v) is 3.64. The number of carbonyl (C=O) groups is 1. The van der Waals surface area contributed by atoms with Crippen LogP contribution in [0.25, 0.3) is 33.5 Å². The number of fused-ring (bicyclic) bond motifs is 2. The van der Waals surface area contributed by atoms with Gasteiger partial charge in [0.1, 0.15) is 12.3 Å². The molecule has 0 unspecified atom stereocenters. The third kappa shape index (κ3) is 1.89. The highest BCUT2D eigenvalue weighted by Crippen LogP contribution is 2.26. The number of imidazole rings is 1. The Morgan fingerprint density at radius 3 is 2.86 bits per heavy atom. The molecule has 0 aliphatic heterocycles. The zero-order valence-electron chi connectivity index (χ0n) is 11.5. The summed E-state index contributed by atoms with van der Waals surface area (Å²) in [6.07, 6.45) is 0. The minimum Gasteiger partial charge on any atom is -0.388 e. The number of aromatic nitrogens is 4. The van der Waals surface area contributed by atoms with Crippen LogP contribution in [0, 0.1) is 0 Å². The summed E-state index contributed by atoms with van der Waals surface area (Å²) in [6.45, 7) is -0.503. The summed E-state index contributed by atoms with van der Waals surface area (Å²) in [5.74, 6) is 0.323. The van der Waals surface area contributed by atoms with Crippen LogP contribution < -0.4 is 0 Å². The van der Waals surface area contributed by atoms with Gasteiger partial charge in [0.25, 0.3) is 0 Å². The zero-order valence-corrected chi connectivity index (χ0v) is 11.5. The Morgan fingerprint density at radius 1 is 1.14 bits per heavy atom. The largest absolute Gasteiger partial charge is 0.388 e. The summed E-state index contributed by atoms with van der Waals surface area (Å²) in [6, 6.07) is 12.9. The van der Waals surface area contributed by atoms with Crippen LogP contribution in [0.3, 0.4) is 0 Å². The van der Waals surface area contributed by atoms with Crippen molar-refractivity contribution in [3.8, 4) is 11.5 Å². The molecular weight excluding hydrogens is 280 g/mol. The summed E-state index contributed by atoms with van der Waals surface area (Å²) < 4.78 is 0. The lowest BCUT2D eigenvalue weighted by atomic mass is 10.1. The molecular formula is C16H12N4O2. The molecule has 3 N–H and O–H groups in total. The highest BCUT2D eigenvalue weighted by Gasteiger charge is 2.13. The van der Waals surface area contributed by atoms with Crippen molar-refractivity contribution in [3.05, 3.63) is 48.0 Å². The Bertz CT molecular complexity index is 1000. The molecule has 0 aliphatic carbocycles. The van der Waals surface area contributed by atoms with Crippen LogP contribution in [0.4, 0.5) is 0 Å². The smallest absolute Gasteiger partial charge is 0.188 e. The highest BCUT2D eigenvalue weighted by molar-refractivity contribution is 6.00. The van der Waals surface area contributed by atoms with Crippen molar-refractivity contribution in [3.63, 3.8) is 0 Å². The first-order valence-corrected chi connectivity index (χ1v) is 6.83. The number of nitrogens with zero attached hydrogens (tertiary/aromatic N) is 2. The van der Waals surface area contributed by atoms with Crippen molar-refractivity contribution in [2.75, 3.05) is 6.61 Å². The van der Waals surface area contributed by atoms with Gasteiger partial charge >= 0.3 is 0 Å². The van der Waals surface area contributed by atoms with Crippen molar-refractivity contribution in [2.45, 2.75) is 0 Å². The van der Waals surface area contributed by atoms with E-state index in [0.717, 1.165) is 27.6 Å². The van der Waals surface area contributed by atoms with Crippen LogP contribution in [0.1, 0.15) is 10.4 Å². The predicted molar refractivity (Wildman–Crippen MR) is 82.6 cm³/mol. The first-order chi connectivity index (χ1) is 10.8. The van der Waals surface area contributed by atoms with Gasteiger partial charge < -0.3 is 10.1 Å². The van der Waals surface area contributed by atoms with Crippen LogP contribution in [0.15, 0.2) is 42.5 Å². The number of rotatable bonds is 3. The van der Waals surface area contributed by atoms with Gasteiger partial charge in [-0.2, -0.15) is 5.10 Å². The molecule has 6 heteroatoms. The maximum absolute atomic E-state index is 11.6. The summed E-state index contributed by atoms with van der Waals surface area (Å²) in [4.78, 5) is 19.3. The van der Waals surface area contributed by atoms with E-state index < -0.39 is 6.61 Å². The van der Waals surface area contributed by atoms with Gasteiger partial charge in [0.2, 0.25) is 0 Å². The Hall–Kier alpha value is -2.99. The molecule has 2 aromatic carbocycles. The fourth-order valence-corrected chi connectivity index (χ4v) is 2.53. The molecule has 2 aromatic heterocycles. The molecule has 0 saturated heterocycles. The predicted octanol–water partition coefficient (Wildman–Crippen LogP) is 2.28. The molecule has 0 aliphatic rings. The number of carbonyl (C=O) groups excluding carboxylic acids is 1. The van der Waals surface area contributed by atoms with E-state index in [0.29, 0.717) is 11.4 Å². The van der Waals surface area contributed by atoms with Crippen LogP contribution in [-0.2, 0) is 0 Å². The lowest BCUT2D eigenvalue weighted by Crippen LogP contribution is -2.03. The minimum absolute atomic E-state index is 0.316. The average molecular weight is 292 g/mol. The van der Waals surface area contributed by atoms with Gasteiger partial charge in [0.15, 0.2) is 11.6 Å². The Balaban J connectivity index is 1.87. The van der Waals surface area contributed by atoms with Gasteiger partial charge in [0.05, 0.1) is 16.6 Å². The minimum atomic E-state index is -0.503. The molecule has 0 radical (unpaired) electrons. The van der Waals surface area contributed by atoms with E-state index in [-0.39, 0.29) is 5.78 Å². The van der Waals surface area contributed by atoms with Gasteiger partial charge in [0, 0.05) is 10.9 Å². The van der Waals surface area contributed by atoms with Gasteiger partial charge in [-0.3, -0.25) is 9.89 Å². The van der Waals surface area contributed by atoms with E-state index in [4.69, 9.17) is 5.11 Å². The number of Topliss-reactive ketones (excluding diaryl/α,β-unsaturated/α-hetero) is 1. The van der Waals surface area contributed by atoms with Crippen molar-refractivity contribution < 1.29 is 9.90 Å². The Labute approximate surface area is 124 Å². The maximum Gasteiger partial charge on any atom is 0.188 e. The fraction of sp³-hybridized carbons (Fsp3) is 0.0625. The zero-order chi connectivity index (χ0) is 15.1. The van der Waals surface area contributed by atoms with Crippen molar-refractivity contribution >= 4 is 27.7 Å². The van der Waals surface area contributed by atoms with Crippen LogP contribution in [-0.4, -0.2) is 37.7 Å². The molecule has 0 fully saturated rings. The molecule has 0 amide bonds. The van der Waals surface area contributed by atoms with E-state index in [1.807, 2.05) is 24.3 Å². The first-order valence-electron chi connectivity index (χ1n) is 6.83. The first kappa shape index (κ1) is 12.7. The normalized spacial score (nSPS) is 11.3. The molecule has 0 spiro atoms. The second-order valence-electron chi connectivity index (χ2n) is 5.02. The summed E-state index contributed by atoms with van der Waals surface area (Å²) >= 11 is 0. The van der Waals surface area contributed by atoms with Gasteiger partial charge in [-0.25, -0.2) is 4.98 Å². The molecule has 2 heterocycles. The van der Waals surface area contributed by atoms with Gasteiger partial charge in [-0.1, -0.05) is 18.2 Å². The number of benzene rings is 2. The molecule has 108 valence electrons. The van der Waals surface area contributed by atoms with E-state index >= 15 is 0 Å². The fourth-order valence-electron chi connectivity index (χ4n) is 2.53. The number of aliphatic hydroxyl groups excluding tert-OH is 1.